The first-order valence-electron chi connectivity index (χ1n) is 6.51. The number of nitrogens with zero attached hydrogens (tertiary/aromatic N) is 2. The fraction of sp³-hybridized carbons (Fsp3) is 0.909. The van der Waals surface area contributed by atoms with E-state index in [1.165, 1.54) is 10.6 Å². The molecule has 2 fully saturated rings. The second-order valence-corrected chi connectivity index (χ2v) is 8.11. The minimum atomic E-state index is -3.12. The van der Waals surface area contributed by atoms with E-state index in [0.29, 0.717) is 32.6 Å². The number of thioether (sulfide) groups is 1. The Morgan fingerprint density at radius 2 is 2.00 bits per heavy atom. The molecule has 2 heterocycles. The highest BCUT2D eigenvalue weighted by Gasteiger charge is 2.27. The first-order valence-corrected chi connectivity index (χ1v) is 9.51. The highest BCUT2D eigenvalue weighted by molar-refractivity contribution is 7.99. The Balaban J connectivity index is 1.79. The zero-order valence-corrected chi connectivity index (χ0v) is 12.8. The Bertz CT molecular complexity index is 413. The maximum absolute atomic E-state index is 12.1. The Kier molecular flexibility index (Phi) is 5.10. The number of carbonyl (C=O) groups excluding carboxylic acids is 1. The van der Waals surface area contributed by atoms with Crippen molar-refractivity contribution in [2.45, 2.75) is 12.5 Å². The summed E-state index contributed by atoms with van der Waals surface area (Å²) in [6.07, 6.45) is 1.74. The van der Waals surface area contributed by atoms with E-state index in [4.69, 9.17) is 0 Å². The van der Waals surface area contributed by atoms with Gasteiger partial charge in [-0.3, -0.25) is 4.79 Å². The third-order valence-electron chi connectivity index (χ3n) is 3.48. The van der Waals surface area contributed by atoms with Crippen molar-refractivity contribution in [1.82, 2.24) is 14.5 Å². The van der Waals surface area contributed by atoms with Crippen molar-refractivity contribution in [1.29, 1.82) is 0 Å². The topological polar surface area (TPSA) is 69.7 Å². The van der Waals surface area contributed by atoms with Gasteiger partial charge in [0.1, 0.15) is 0 Å². The van der Waals surface area contributed by atoms with Gasteiger partial charge < -0.3 is 10.2 Å². The van der Waals surface area contributed by atoms with Crippen molar-refractivity contribution in [2.75, 3.05) is 50.5 Å². The van der Waals surface area contributed by atoms with Crippen molar-refractivity contribution in [3.63, 3.8) is 0 Å². The molecule has 0 saturated carbocycles. The summed E-state index contributed by atoms with van der Waals surface area (Å²) < 4.78 is 24.2. The Morgan fingerprint density at radius 3 is 2.53 bits per heavy atom. The van der Waals surface area contributed by atoms with Gasteiger partial charge >= 0.3 is 0 Å². The zero-order chi connectivity index (χ0) is 13.9. The van der Waals surface area contributed by atoms with Gasteiger partial charge in [-0.05, 0) is 0 Å². The minimum absolute atomic E-state index is 0.133. The number of sulfonamides is 1. The third kappa shape index (κ3) is 4.34. The van der Waals surface area contributed by atoms with Crippen LogP contribution in [0.5, 0.6) is 0 Å². The van der Waals surface area contributed by atoms with Gasteiger partial charge in [-0.2, -0.15) is 16.1 Å². The average molecular weight is 307 g/mol. The molecule has 0 bridgehead atoms. The number of hydrogen-bond acceptors (Lipinski definition) is 5. The summed E-state index contributed by atoms with van der Waals surface area (Å²) in [7, 11) is -3.12. The predicted molar refractivity (Wildman–Crippen MR) is 76.7 cm³/mol. The Morgan fingerprint density at radius 1 is 1.32 bits per heavy atom. The molecule has 8 heteroatoms. The van der Waals surface area contributed by atoms with Crippen molar-refractivity contribution in [2.24, 2.45) is 0 Å². The van der Waals surface area contributed by atoms with Gasteiger partial charge in [0.25, 0.3) is 0 Å². The molecule has 2 aliphatic heterocycles. The van der Waals surface area contributed by atoms with Crippen LogP contribution in [0.25, 0.3) is 0 Å². The lowest BCUT2D eigenvalue weighted by Gasteiger charge is -2.34. The molecule has 2 rings (SSSR count). The van der Waals surface area contributed by atoms with Crippen LogP contribution in [-0.2, 0) is 14.8 Å². The van der Waals surface area contributed by atoms with E-state index in [-0.39, 0.29) is 11.9 Å². The molecule has 110 valence electrons. The molecule has 2 aliphatic rings. The van der Waals surface area contributed by atoms with Gasteiger partial charge in [-0.25, -0.2) is 8.42 Å². The highest BCUT2D eigenvalue weighted by atomic mass is 32.2. The molecule has 1 atom stereocenters. The Hall–Kier alpha value is -0.310. The minimum Gasteiger partial charge on any atom is -0.340 e. The standard InChI is InChI=1S/C11H21N3O3S2/c1-19(16,17)14-5-3-13(4-6-14)11(15)8-10-9-18-7-2-12-10/h10,12H,2-9H2,1H3. The number of hydrogen-bond donors (Lipinski definition) is 1. The van der Waals surface area contributed by atoms with Crippen molar-refractivity contribution in [3.05, 3.63) is 0 Å². The number of rotatable bonds is 3. The molecule has 0 aromatic rings. The number of amides is 1. The molecule has 1 amide bonds. The molecule has 1 unspecified atom stereocenters. The van der Waals surface area contributed by atoms with E-state index in [2.05, 4.69) is 5.32 Å². The highest BCUT2D eigenvalue weighted by Crippen LogP contribution is 2.13. The Labute approximate surface area is 118 Å². The summed E-state index contributed by atoms with van der Waals surface area (Å²) >= 11 is 1.87. The summed E-state index contributed by atoms with van der Waals surface area (Å²) in [6.45, 7) is 2.80. The molecule has 2 saturated heterocycles. The molecule has 6 nitrogen and oxygen atoms in total. The molecule has 1 N–H and O–H groups in total. The van der Waals surface area contributed by atoms with Gasteiger partial charge in [-0.1, -0.05) is 0 Å². The molecular weight excluding hydrogens is 286 g/mol. The van der Waals surface area contributed by atoms with E-state index in [0.717, 1.165) is 18.1 Å². The van der Waals surface area contributed by atoms with Crippen LogP contribution in [0, 0.1) is 0 Å². The second kappa shape index (κ2) is 6.43. The van der Waals surface area contributed by atoms with Crippen LogP contribution in [0.3, 0.4) is 0 Å². The number of nitrogens with one attached hydrogen (secondary N) is 1. The summed E-state index contributed by atoms with van der Waals surface area (Å²) in [5.41, 5.74) is 0. The van der Waals surface area contributed by atoms with E-state index in [1.807, 2.05) is 11.8 Å². The van der Waals surface area contributed by atoms with Crippen molar-refractivity contribution < 1.29 is 13.2 Å². The van der Waals surface area contributed by atoms with Crippen LogP contribution in [-0.4, -0.2) is 80.1 Å². The van der Waals surface area contributed by atoms with Crippen LogP contribution in [0.15, 0.2) is 0 Å². The largest absolute Gasteiger partial charge is 0.340 e. The zero-order valence-electron chi connectivity index (χ0n) is 11.2. The first kappa shape index (κ1) is 15.1. The molecule has 0 spiro atoms. The van der Waals surface area contributed by atoms with Crippen LogP contribution < -0.4 is 5.32 Å². The fourth-order valence-electron chi connectivity index (χ4n) is 2.36. The monoisotopic (exact) mass is 307 g/mol. The van der Waals surface area contributed by atoms with Gasteiger partial charge in [0.2, 0.25) is 15.9 Å². The fourth-order valence-corrected chi connectivity index (χ4v) is 4.14. The maximum atomic E-state index is 12.1. The van der Waals surface area contributed by atoms with Gasteiger partial charge in [0, 0.05) is 56.7 Å². The molecule has 19 heavy (non-hydrogen) atoms. The molecular formula is C11H21N3O3S2. The van der Waals surface area contributed by atoms with E-state index < -0.39 is 10.0 Å². The smallest absolute Gasteiger partial charge is 0.224 e. The van der Waals surface area contributed by atoms with E-state index >= 15 is 0 Å². The van der Waals surface area contributed by atoms with Crippen LogP contribution in [0.4, 0.5) is 0 Å². The quantitative estimate of drug-likeness (QED) is 0.738. The second-order valence-electron chi connectivity index (χ2n) is 4.97. The van der Waals surface area contributed by atoms with Crippen LogP contribution in [0.2, 0.25) is 0 Å². The van der Waals surface area contributed by atoms with Crippen molar-refractivity contribution in [3.8, 4) is 0 Å². The van der Waals surface area contributed by atoms with Crippen molar-refractivity contribution >= 4 is 27.7 Å². The lowest BCUT2D eigenvalue weighted by molar-refractivity contribution is -0.132. The SMILES string of the molecule is CS(=O)(=O)N1CCN(C(=O)CC2CSCCN2)CC1. The van der Waals surface area contributed by atoms with Gasteiger partial charge in [-0.15, -0.1) is 0 Å². The maximum Gasteiger partial charge on any atom is 0.224 e. The van der Waals surface area contributed by atoms with Gasteiger partial charge in [0.05, 0.1) is 6.26 Å². The first-order chi connectivity index (χ1) is 8.97. The number of piperazine rings is 1. The predicted octanol–water partition coefficient (Wildman–Crippen LogP) is -0.815. The summed E-state index contributed by atoms with van der Waals surface area (Å²) in [4.78, 5) is 13.9. The summed E-state index contributed by atoms with van der Waals surface area (Å²) in [6, 6.07) is 0.263. The lowest BCUT2D eigenvalue weighted by atomic mass is 10.2. The normalized spacial score (nSPS) is 26.4. The van der Waals surface area contributed by atoms with Crippen LogP contribution >= 0.6 is 11.8 Å². The third-order valence-corrected chi connectivity index (χ3v) is 5.91. The summed E-state index contributed by atoms with van der Waals surface area (Å²) in [5.74, 6) is 2.22. The van der Waals surface area contributed by atoms with E-state index in [9.17, 15) is 13.2 Å². The van der Waals surface area contributed by atoms with Gasteiger partial charge in [0.15, 0.2) is 0 Å². The molecule has 0 aromatic carbocycles. The average Bonchev–Trinajstić information content (AvgIpc) is 2.39. The van der Waals surface area contributed by atoms with Crippen LogP contribution in [0.1, 0.15) is 6.42 Å². The number of carbonyl (C=O) groups is 1. The van der Waals surface area contributed by atoms with E-state index in [1.54, 1.807) is 4.90 Å². The summed E-state index contributed by atoms with van der Waals surface area (Å²) in [5, 5.41) is 3.35. The molecule has 0 aliphatic carbocycles. The molecule has 0 radical (unpaired) electrons. The lowest BCUT2D eigenvalue weighted by Crippen LogP contribution is -2.51. The molecule has 0 aromatic heterocycles.